The lowest BCUT2D eigenvalue weighted by Crippen LogP contribution is -2.43. The monoisotopic (exact) mass is 495 g/mol. The first-order chi connectivity index (χ1) is 17.5. The number of hydrogen-bond donors (Lipinski definition) is 3. The topological polar surface area (TPSA) is 89.4 Å². The highest BCUT2D eigenvalue weighted by atomic mass is 16.3. The zero-order valence-electron chi connectivity index (χ0n) is 22.4. The van der Waals surface area contributed by atoms with E-state index in [9.17, 15) is 5.11 Å². The Hall–Kier alpha value is -2.29. The van der Waals surface area contributed by atoms with Crippen LogP contribution in [0.25, 0.3) is 11.3 Å². The molecule has 1 unspecified atom stereocenters. The van der Waals surface area contributed by atoms with Crippen LogP contribution in [0.2, 0.25) is 0 Å². The van der Waals surface area contributed by atoms with Crippen molar-refractivity contribution in [3.8, 4) is 11.3 Å². The molecule has 1 aliphatic carbocycles. The van der Waals surface area contributed by atoms with Gasteiger partial charge in [-0.05, 0) is 57.7 Å². The molecule has 1 atom stereocenters. The molecule has 3 N–H and O–H groups in total. The van der Waals surface area contributed by atoms with E-state index in [4.69, 9.17) is 9.97 Å². The number of nitrogens with one attached hydrogen (secondary N) is 2. The molecule has 2 fully saturated rings. The van der Waals surface area contributed by atoms with E-state index in [2.05, 4.69) is 58.4 Å². The molecule has 3 heterocycles. The third-order valence-corrected chi connectivity index (χ3v) is 7.55. The summed E-state index contributed by atoms with van der Waals surface area (Å²) in [4.78, 5) is 19.3. The van der Waals surface area contributed by atoms with Crippen molar-refractivity contribution in [2.24, 2.45) is 0 Å². The fourth-order valence-electron chi connectivity index (χ4n) is 5.10. The lowest BCUT2D eigenvalue weighted by atomic mass is 9.93. The maximum atomic E-state index is 9.93. The van der Waals surface area contributed by atoms with Gasteiger partial charge in [-0.2, -0.15) is 4.98 Å². The highest BCUT2D eigenvalue weighted by molar-refractivity contribution is 5.73. The van der Waals surface area contributed by atoms with Crippen molar-refractivity contribution in [3.63, 3.8) is 0 Å². The van der Waals surface area contributed by atoms with Gasteiger partial charge in [0.15, 0.2) is 0 Å². The predicted molar refractivity (Wildman–Crippen MR) is 147 cm³/mol. The Bertz CT molecular complexity index is 922. The van der Waals surface area contributed by atoms with Crippen molar-refractivity contribution in [2.45, 2.75) is 89.9 Å². The van der Waals surface area contributed by atoms with E-state index in [1.165, 1.54) is 24.8 Å². The van der Waals surface area contributed by atoms with Gasteiger partial charge in [-0.25, -0.2) is 4.98 Å². The quantitative estimate of drug-likeness (QED) is 0.396. The van der Waals surface area contributed by atoms with Crippen molar-refractivity contribution in [2.75, 3.05) is 43.9 Å². The normalized spacial score (nSPS) is 22.3. The minimum atomic E-state index is -0.177. The van der Waals surface area contributed by atoms with Crippen LogP contribution in [0, 0.1) is 0 Å². The van der Waals surface area contributed by atoms with Crippen LogP contribution < -0.4 is 10.6 Å². The number of aliphatic hydroxyl groups excluding tert-OH is 1. The molecule has 0 radical (unpaired) electrons. The lowest BCUT2D eigenvalue weighted by Gasteiger charge is -2.32. The third-order valence-electron chi connectivity index (χ3n) is 7.55. The number of unbranched alkanes of at least 4 members (excludes halogenated alkanes) is 2. The summed E-state index contributed by atoms with van der Waals surface area (Å²) in [5.41, 5.74) is 3.05. The second-order valence-corrected chi connectivity index (χ2v) is 10.8. The first-order valence-electron chi connectivity index (χ1n) is 13.9. The number of piperazine rings is 1. The Morgan fingerprint density at radius 1 is 1.03 bits per heavy atom. The summed E-state index contributed by atoms with van der Waals surface area (Å²) in [6, 6.07) is 4.91. The van der Waals surface area contributed by atoms with Crippen molar-refractivity contribution < 1.29 is 5.11 Å². The zero-order chi connectivity index (χ0) is 25.3. The van der Waals surface area contributed by atoms with Crippen LogP contribution in [0.4, 0.5) is 11.8 Å². The van der Waals surface area contributed by atoms with Crippen molar-refractivity contribution in [3.05, 3.63) is 30.1 Å². The summed E-state index contributed by atoms with van der Waals surface area (Å²) in [6.07, 6.45) is 12.1. The number of hydrogen-bond acceptors (Lipinski definition) is 8. The van der Waals surface area contributed by atoms with Gasteiger partial charge >= 0.3 is 0 Å². The molecule has 4 rings (SSSR count). The van der Waals surface area contributed by atoms with E-state index in [1.807, 2.05) is 12.4 Å². The summed E-state index contributed by atoms with van der Waals surface area (Å²) in [5.74, 6) is 1.49. The maximum Gasteiger partial charge on any atom is 0.224 e. The van der Waals surface area contributed by atoms with Crippen LogP contribution in [0.15, 0.2) is 24.5 Å². The number of nitrogens with zero attached hydrogens (tertiary/aromatic N) is 5. The van der Waals surface area contributed by atoms with Crippen molar-refractivity contribution in [1.29, 1.82) is 0 Å². The van der Waals surface area contributed by atoms with Gasteiger partial charge in [0, 0.05) is 57.2 Å². The molecular formula is C28H45N7O. The van der Waals surface area contributed by atoms with Gasteiger partial charge in [-0.15, -0.1) is 0 Å². The summed E-state index contributed by atoms with van der Waals surface area (Å²) < 4.78 is 0. The Balaban J connectivity index is 1.47. The van der Waals surface area contributed by atoms with Gasteiger partial charge in [0.2, 0.25) is 5.95 Å². The minimum absolute atomic E-state index is 0.177. The molecule has 1 saturated carbocycles. The summed E-state index contributed by atoms with van der Waals surface area (Å²) in [5, 5.41) is 17.1. The standard InChI is InChI=1S/C28H45N7O/c1-4-5-6-7-21(2)31-28-30-19-25(27(33-28)32-23-9-11-24(36)12-10-23)26-13-8-22(18-29-26)20-35-16-14-34(3)15-17-35/h8,13,18-19,21,23-24,36H,4-7,9-12,14-17,20H2,1-3H3,(H2,30,31,32,33)/t21?,23-,24-. The Kier molecular flexibility index (Phi) is 9.90. The van der Waals surface area contributed by atoms with Crippen LogP contribution in [0.1, 0.15) is 70.8 Å². The molecule has 2 aromatic rings. The van der Waals surface area contributed by atoms with Crippen molar-refractivity contribution >= 4 is 11.8 Å². The lowest BCUT2D eigenvalue weighted by molar-refractivity contribution is 0.126. The molecule has 0 aromatic carbocycles. The van der Waals surface area contributed by atoms with E-state index in [0.717, 1.165) is 81.9 Å². The predicted octanol–water partition coefficient (Wildman–Crippen LogP) is 4.38. The number of rotatable bonds is 11. The number of aromatic nitrogens is 3. The number of pyridine rings is 1. The number of likely N-dealkylation sites (N-methyl/N-ethyl adjacent to an activating group) is 1. The summed E-state index contributed by atoms with van der Waals surface area (Å²) >= 11 is 0. The van der Waals surface area contributed by atoms with E-state index in [0.29, 0.717) is 18.0 Å². The molecule has 8 nitrogen and oxygen atoms in total. The van der Waals surface area contributed by atoms with E-state index in [1.54, 1.807) is 0 Å². The summed E-state index contributed by atoms with van der Waals surface area (Å²) in [6.45, 7) is 9.80. The molecule has 8 heteroatoms. The highest BCUT2D eigenvalue weighted by Gasteiger charge is 2.22. The van der Waals surface area contributed by atoms with Gasteiger partial charge < -0.3 is 20.6 Å². The van der Waals surface area contributed by atoms with Gasteiger partial charge in [-0.3, -0.25) is 9.88 Å². The first-order valence-corrected chi connectivity index (χ1v) is 13.9. The molecule has 1 aliphatic heterocycles. The molecule has 198 valence electrons. The van der Waals surface area contributed by atoms with Crippen LogP contribution in [-0.2, 0) is 6.54 Å². The van der Waals surface area contributed by atoms with Crippen LogP contribution in [-0.4, -0.2) is 81.3 Å². The third kappa shape index (κ3) is 7.85. The molecule has 0 amide bonds. The zero-order valence-corrected chi connectivity index (χ0v) is 22.4. The average Bonchev–Trinajstić information content (AvgIpc) is 2.88. The molecule has 1 saturated heterocycles. The number of aliphatic hydroxyl groups is 1. The summed E-state index contributed by atoms with van der Waals surface area (Å²) in [7, 11) is 2.19. The van der Waals surface area contributed by atoms with Crippen LogP contribution in [0.5, 0.6) is 0 Å². The Morgan fingerprint density at radius 3 is 2.50 bits per heavy atom. The maximum absolute atomic E-state index is 9.93. The smallest absolute Gasteiger partial charge is 0.224 e. The first kappa shape index (κ1) is 26.8. The van der Waals surface area contributed by atoms with Gasteiger partial charge in [0.1, 0.15) is 5.82 Å². The molecule has 2 aliphatic rings. The van der Waals surface area contributed by atoms with Crippen molar-refractivity contribution in [1.82, 2.24) is 24.8 Å². The van der Waals surface area contributed by atoms with Gasteiger partial charge in [-0.1, -0.05) is 32.3 Å². The fraction of sp³-hybridized carbons (Fsp3) is 0.679. The molecule has 36 heavy (non-hydrogen) atoms. The van der Waals surface area contributed by atoms with E-state index >= 15 is 0 Å². The largest absolute Gasteiger partial charge is 0.393 e. The average molecular weight is 496 g/mol. The van der Waals surface area contributed by atoms with Gasteiger partial charge in [0.25, 0.3) is 0 Å². The molecule has 0 bridgehead atoms. The van der Waals surface area contributed by atoms with E-state index < -0.39 is 0 Å². The number of anilines is 2. The SMILES string of the molecule is CCCCCC(C)Nc1ncc(-c2ccc(CN3CCN(C)CC3)cn2)c(N[C@H]2CC[C@H](O)CC2)n1. The van der Waals surface area contributed by atoms with E-state index in [-0.39, 0.29) is 6.10 Å². The second-order valence-electron chi connectivity index (χ2n) is 10.8. The minimum Gasteiger partial charge on any atom is -0.393 e. The van der Waals surface area contributed by atoms with Crippen LogP contribution in [0.3, 0.4) is 0 Å². The Labute approximate surface area is 216 Å². The second kappa shape index (κ2) is 13.3. The fourth-order valence-corrected chi connectivity index (χ4v) is 5.10. The molecule has 0 spiro atoms. The highest BCUT2D eigenvalue weighted by Crippen LogP contribution is 2.29. The molecular weight excluding hydrogens is 450 g/mol. The Morgan fingerprint density at radius 2 is 1.81 bits per heavy atom. The van der Waals surface area contributed by atoms with Gasteiger partial charge in [0.05, 0.1) is 17.4 Å². The molecule has 2 aromatic heterocycles. The van der Waals surface area contributed by atoms with Crippen LogP contribution >= 0.6 is 0 Å².